The summed E-state index contributed by atoms with van der Waals surface area (Å²) in [7, 11) is 0. The van der Waals surface area contributed by atoms with Gasteiger partial charge < -0.3 is 10.6 Å². The summed E-state index contributed by atoms with van der Waals surface area (Å²) in [5, 5.41) is 6.55. The van der Waals surface area contributed by atoms with Gasteiger partial charge >= 0.3 is 0 Å². The molecule has 1 aromatic rings. The smallest absolute Gasteiger partial charge is 0.142 e. The summed E-state index contributed by atoms with van der Waals surface area (Å²) >= 11 is 2.23. The largest absolute Gasteiger partial charge is 0.369 e. The van der Waals surface area contributed by atoms with Crippen molar-refractivity contribution in [3.05, 3.63) is 16.1 Å². The lowest BCUT2D eigenvalue weighted by atomic mass is 10.4. The first-order valence-electron chi connectivity index (χ1n) is 4.74. The van der Waals surface area contributed by atoms with Crippen molar-refractivity contribution in [1.29, 1.82) is 0 Å². The summed E-state index contributed by atoms with van der Waals surface area (Å²) < 4.78 is 1.06. The molecule has 1 rings (SSSR count). The molecule has 0 spiro atoms. The van der Waals surface area contributed by atoms with Gasteiger partial charge in [0.25, 0.3) is 0 Å². The van der Waals surface area contributed by atoms with Crippen LogP contribution in [0.5, 0.6) is 0 Å². The Hall–Kier alpha value is -0.430. The van der Waals surface area contributed by atoms with Crippen molar-refractivity contribution in [2.24, 2.45) is 0 Å². The first-order valence-corrected chi connectivity index (χ1v) is 5.82. The first-order chi connectivity index (χ1) is 6.84. The van der Waals surface area contributed by atoms with E-state index in [0.29, 0.717) is 0 Å². The van der Waals surface area contributed by atoms with E-state index in [9.17, 15) is 0 Å². The van der Waals surface area contributed by atoms with Crippen molar-refractivity contribution in [1.82, 2.24) is 15.3 Å². The van der Waals surface area contributed by atoms with Crippen molar-refractivity contribution in [2.45, 2.75) is 13.3 Å². The molecule has 14 heavy (non-hydrogen) atoms. The lowest BCUT2D eigenvalue weighted by Gasteiger charge is -2.06. The van der Waals surface area contributed by atoms with E-state index < -0.39 is 0 Å². The Balaban J connectivity index is 2.21. The van der Waals surface area contributed by atoms with Crippen LogP contribution in [0.1, 0.15) is 13.3 Å². The van der Waals surface area contributed by atoms with Crippen LogP contribution in [0.3, 0.4) is 0 Å². The Labute approximate surface area is 98.1 Å². The molecular formula is C9H15IN4. The molecule has 0 fully saturated rings. The third kappa shape index (κ3) is 4.19. The number of halogens is 1. The minimum atomic E-state index is 0.928. The molecule has 0 bridgehead atoms. The van der Waals surface area contributed by atoms with Crippen molar-refractivity contribution in [3.63, 3.8) is 0 Å². The van der Waals surface area contributed by atoms with Gasteiger partial charge in [0.15, 0.2) is 0 Å². The van der Waals surface area contributed by atoms with Crippen molar-refractivity contribution >= 4 is 28.4 Å². The highest BCUT2D eigenvalue weighted by molar-refractivity contribution is 14.1. The third-order valence-corrected chi connectivity index (χ3v) is 2.53. The predicted molar refractivity (Wildman–Crippen MR) is 66.4 cm³/mol. The van der Waals surface area contributed by atoms with Crippen LogP contribution in [0.2, 0.25) is 0 Å². The van der Waals surface area contributed by atoms with Gasteiger partial charge in [-0.05, 0) is 42.1 Å². The summed E-state index contributed by atoms with van der Waals surface area (Å²) in [6.45, 7) is 5.14. The van der Waals surface area contributed by atoms with E-state index in [4.69, 9.17) is 0 Å². The molecule has 0 saturated heterocycles. The second-order valence-electron chi connectivity index (χ2n) is 2.85. The maximum absolute atomic E-state index is 4.15. The van der Waals surface area contributed by atoms with Crippen LogP contribution in [0.25, 0.3) is 0 Å². The van der Waals surface area contributed by atoms with E-state index in [1.807, 2.05) is 0 Å². The molecule has 0 amide bonds. The zero-order valence-electron chi connectivity index (χ0n) is 8.26. The van der Waals surface area contributed by atoms with Gasteiger partial charge in [0.1, 0.15) is 12.1 Å². The number of hydrogen-bond donors (Lipinski definition) is 2. The number of nitrogens with zero attached hydrogens (tertiary/aromatic N) is 2. The van der Waals surface area contributed by atoms with Crippen LogP contribution in [0.15, 0.2) is 12.5 Å². The fourth-order valence-electron chi connectivity index (χ4n) is 1.04. The molecule has 2 N–H and O–H groups in total. The molecule has 0 aromatic carbocycles. The minimum Gasteiger partial charge on any atom is -0.369 e. The van der Waals surface area contributed by atoms with Gasteiger partial charge in [0.05, 0.1) is 3.57 Å². The Bertz CT molecular complexity index is 267. The normalized spacial score (nSPS) is 10.1. The Kier molecular flexibility index (Phi) is 5.77. The Morgan fingerprint density at radius 3 is 3.00 bits per heavy atom. The van der Waals surface area contributed by atoms with Crippen LogP contribution >= 0.6 is 22.6 Å². The molecule has 0 unspecified atom stereocenters. The molecule has 0 aliphatic carbocycles. The average Bonchev–Trinajstić information content (AvgIpc) is 2.20. The van der Waals surface area contributed by atoms with E-state index >= 15 is 0 Å². The minimum absolute atomic E-state index is 0.928. The van der Waals surface area contributed by atoms with E-state index in [2.05, 4.69) is 50.1 Å². The number of rotatable bonds is 6. The van der Waals surface area contributed by atoms with Crippen molar-refractivity contribution in [3.8, 4) is 0 Å². The summed E-state index contributed by atoms with van der Waals surface area (Å²) in [5.74, 6) is 0.928. The van der Waals surface area contributed by atoms with E-state index in [1.54, 1.807) is 12.5 Å². The van der Waals surface area contributed by atoms with Gasteiger partial charge in [-0.2, -0.15) is 0 Å². The molecule has 1 aromatic heterocycles. The lowest BCUT2D eigenvalue weighted by molar-refractivity contribution is 0.688. The van der Waals surface area contributed by atoms with Crippen molar-refractivity contribution in [2.75, 3.05) is 25.0 Å². The van der Waals surface area contributed by atoms with Gasteiger partial charge in [-0.25, -0.2) is 9.97 Å². The Morgan fingerprint density at radius 1 is 1.43 bits per heavy atom. The first kappa shape index (κ1) is 11.6. The third-order valence-electron chi connectivity index (χ3n) is 1.74. The standard InChI is InChI=1S/C9H15IN4/c1-2-11-4-3-5-13-9-8(10)6-12-7-14-9/h6-7,11H,2-5H2,1H3,(H,12,13,14). The molecule has 0 saturated carbocycles. The zero-order chi connectivity index (χ0) is 10.2. The van der Waals surface area contributed by atoms with Gasteiger partial charge in [0.2, 0.25) is 0 Å². The number of hydrogen-bond acceptors (Lipinski definition) is 4. The summed E-state index contributed by atoms with van der Waals surface area (Å²) in [4.78, 5) is 8.08. The molecule has 1 heterocycles. The van der Waals surface area contributed by atoms with E-state index in [0.717, 1.165) is 35.4 Å². The zero-order valence-corrected chi connectivity index (χ0v) is 10.4. The molecule has 0 aliphatic rings. The van der Waals surface area contributed by atoms with Gasteiger partial charge in [-0.15, -0.1) is 0 Å². The van der Waals surface area contributed by atoms with Gasteiger partial charge in [-0.1, -0.05) is 6.92 Å². The predicted octanol–water partition coefficient (Wildman–Crippen LogP) is 1.49. The molecule has 0 radical (unpaired) electrons. The second kappa shape index (κ2) is 6.94. The average molecular weight is 306 g/mol. The quantitative estimate of drug-likeness (QED) is 0.618. The number of aromatic nitrogens is 2. The molecule has 0 aliphatic heterocycles. The van der Waals surface area contributed by atoms with Crippen LogP contribution in [-0.2, 0) is 0 Å². The highest BCUT2D eigenvalue weighted by Gasteiger charge is 1.97. The molecule has 4 nitrogen and oxygen atoms in total. The summed E-state index contributed by atoms with van der Waals surface area (Å²) in [6, 6.07) is 0. The van der Waals surface area contributed by atoms with Crippen molar-refractivity contribution < 1.29 is 0 Å². The van der Waals surface area contributed by atoms with Crippen LogP contribution in [0.4, 0.5) is 5.82 Å². The topological polar surface area (TPSA) is 49.8 Å². The molecule has 0 atom stereocenters. The maximum atomic E-state index is 4.15. The number of nitrogens with one attached hydrogen (secondary N) is 2. The number of anilines is 1. The Morgan fingerprint density at radius 2 is 2.29 bits per heavy atom. The monoisotopic (exact) mass is 306 g/mol. The van der Waals surface area contributed by atoms with E-state index in [1.165, 1.54) is 0 Å². The second-order valence-corrected chi connectivity index (χ2v) is 4.02. The summed E-state index contributed by atoms with van der Waals surface area (Å²) in [5.41, 5.74) is 0. The fraction of sp³-hybridized carbons (Fsp3) is 0.556. The fourth-order valence-corrected chi connectivity index (χ4v) is 1.53. The van der Waals surface area contributed by atoms with Crippen LogP contribution < -0.4 is 10.6 Å². The molecular weight excluding hydrogens is 291 g/mol. The maximum Gasteiger partial charge on any atom is 0.142 e. The van der Waals surface area contributed by atoms with Gasteiger partial charge in [-0.3, -0.25) is 0 Å². The summed E-state index contributed by atoms with van der Waals surface area (Å²) in [6.07, 6.45) is 4.48. The van der Waals surface area contributed by atoms with Crippen LogP contribution in [0, 0.1) is 3.57 Å². The molecule has 5 heteroatoms. The van der Waals surface area contributed by atoms with Crippen LogP contribution in [-0.4, -0.2) is 29.6 Å². The molecule has 78 valence electrons. The highest BCUT2D eigenvalue weighted by atomic mass is 127. The SMILES string of the molecule is CCNCCCNc1ncncc1I. The van der Waals surface area contributed by atoms with Gasteiger partial charge in [0, 0.05) is 12.7 Å². The van der Waals surface area contributed by atoms with E-state index in [-0.39, 0.29) is 0 Å². The lowest BCUT2D eigenvalue weighted by Crippen LogP contribution is -2.17. The highest BCUT2D eigenvalue weighted by Crippen LogP contribution is 2.11.